The largest absolute Gasteiger partial charge is 0.435 e. The van der Waals surface area contributed by atoms with E-state index in [-0.39, 0.29) is 23.7 Å². The van der Waals surface area contributed by atoms with Crippen LogP contribution in [0, 0.1) is 11.8 Å². The number of likely N-dealkylation sites (tertiary alicyclic amines) is 1. The van der Waals surface area contributed by atoms with Gasteiger partial charge in [0.2, 0.25) is 0 Å². The first-order chi connectivity index (χ1) is 11.4. The van der Waals surface area contributed by atoms with Gasteiger partial charge < -0.3 is 14.7 Å². The van der Waals surface area contributed by atoms with Crippen LogP contribution in [0.3, 0.4) is 0 Å². The zero-order chi connectivity index (χ0) is 17.7. The van der Waals surface area contributed by atoms with Crippen LogP contribution in [0.1, 0.15) is 43.5 Å². The first kappa shape index (κ1) is 18.6. The van der Waals surface area contributed by atoms with Gasteiger partial charge in [0.05, 0.1) is 6.10 Å². The molecule has 0 aromatic heterocycles. The summed E-state index contributed by atoms with van der Waals surface area (Å²) in [5, 5.41) is 10.2. The van der Waals surface area contributed by atoms with Crippen LogP contribution in [0.2, 0.25) is 0 Å². The van der Waals surface area contributed by atoms with E-state index in [2.05, 4.69) is 18.6 Å². The highest BCUT2D eigenvalue weighted by atomic mass is 19.3. The van der Waals surface area contributed by atoms with Crippen molar-refractivity contribution in [3.8, 4) is 5.75 Å². The fourth-order valence-corrected chi connectivity index (χ4v) is 3.15. The molecule has 0 spiro atoms. The summed E-state index contributed by atoms with van der Waals surface area (Å²) in [6, 6.07) is 5.87. The number of alkyl halides is 2. The van der Waals surface area contributed by atoms with Crippen LogP contribution in [0.15, 0.2) is 24.3 Å². The van der Waals surface area contributed by atoms with E-state index in [9.17, 15) is 18.7 Å². The Kier molecular flexibility index (Phi) is 6.54. The molecule has 24 heavy (non-hydrogen) atoms. The molecule has 0 bridgehead atoms. The summed E-state index contributed by atoms with van der Waals surface area (Å²) >= 11 is 0. The third kappa shape index (κ3) is 5.16. The highest BCUT2D eigenvalue weighted by Gasteiger charge is 2.28. The summed E-state index contributed by atoms with van der Waals surface area (Å²) in [6.45, 7) is 2.39. The number of carbonyl (C=O) groups is 1. The monoisotopic (exact) mass is 341 g/mol. The van der Waals surface area contributed by atoms with Crippen LogP contribution < -0.4 is 4.74 Å². The third-order valence-corrected chi connectivity index (χ3v) is 4.39. The van der Waals surface area contributed by atoms with Crippen LogP contribution >= 0.6 is 0 Å². The average molecular weight is 341 g/mol. The fraction of sp³-hybridized carbons (Fsp3) is 0.611. The molecule has 1 aliphatic rings. The van der Waals surface area contributed by atoms with Gasteiger partial charge in [-0.15, -0.1) is 0 Å². The molecule has 1 heterocycles. The van der Waals surface area contributed by atoms with E-state index >= 15 is 0 Å². The summed E-state index contributed by atoms with van der Waals surface area (Å²) in [7, 11) is 0. The zero-order valence-corrected chi connectivity index (χ0v) is 14.1. The van der Waals surface area contributed by atoms with E-state index in [0.29, 0.717) is 24.6 Å². The Balaban J connectivity index is 1.93. The number of hydrogen-bond acceptors (Lipinski definition) is 3. The first-order valence-corrected chi connectivity index (χ1v) is 8.39. The number of amides is 1. The third-order valence-electron chi connectivity index (χ3n) is 4.39. The van der Waals surface area contributed by atoms with Crippen molar-refractivity contribution in [1.29, 1.82) is 0 Å². The average Bonchev–Trinajstić information content (AvgIpc) is 2.53. The second-order valence-corrected chi connectivity index (χ2v) is 6.73. The van der Waals surface area contributed by atoms with Gasteiger partial charge in [-0.25, -0.2) is 0 Å². The Bertz CT molecular complexity index is 543. The van der Waals surface area contributed by atoms with Gasteiger partial charge in [-0.05, 0) is 49.3 Å². The molecule has 1 aromatic rings. The summed E-state index contributed by atoms with van der Waals surface area (Å²) in [6.07, 6.45) is 1.95. The maximum Gasteiger partial charge on any atom is 0.387 e. The van der Waals surface area contributed by atoms with E-state index in [1.54, 1.807) is 11.0 Å². The molecule has 2 rings (SSSR count). The number of piperidine rings is 1. The molecule has 6 heteroatoms. The maximum absolute atomic E-state index is 12.5. The van der Waals surface area contributed by atoms with E-state index in [4.69, 9.17) is 0 Å². The van der Waals surface area contributed by atoms with Crippen molar-refractivity contribution in [2.24, 2.45) is 11.8 Å². The van der Waals surface area contributed by atoms with Crippen molar-refractivity contribution < 1.29 is 23.4 Å². The molecule has 0 unspecified atom stereocenters. The lowest BCUT2D eigenvalue weighted by atomic mass is 9.87. The lowest BCUT2D eigenvalue weighted by Crippen LogP contribution is -2.41. The quantitative estimate of drug-likeness (QED) is 0.861. The molecule has 134 valence electrons. The molecule has 4 nitrogen and oxygen atoms in total. The van der Waals surface area contributed by atoms with E-state index in [0.717, 1.165) is 19.3 Å². The van der Waals surface area contributed by atoms with Crippen molar-refractivity contribution >= 4 is 5.91 Å². The number of halogens is 2. The number of nitrogens with zero attached hydrogens (tertiary/aromatic N) is 1. The van der Waals surface area contributed by atoms with Crippen LogP contribution in [0.25, 0.3) is 0 Å². The number of aliphatic hydroxyl groups excluding tert-OH is 1. The number of benzene rings is 1. The Hall–Kier alpha value is -1.69. The molecule has 1 fully saturated rings. The predicted molar refractivity (Wildman–Crippen MR) is 87.2 cm³/mol. The maximum atomic E-state index is 12.5. The van der Waals surface area contributed by atoms with Gasteiger partial charge in [0.25, 0.3) is 5.91 Å². The SMILES string of the molecule is CC(C)C[C@H](O)C1CCN(C(=O)c2cccc(OC(F)F)c2)CC1. The lowest BCUT2D eigenvalue weighted by Gasteiger charge is -2.34. The van der Waals surface area contributed by atoms with Crippen LogP contribution in [0.4, 0.5) is 8.78 Å². The fourth-order valence-electron chi connectivity index (χ4n) is 3.15. The number of hydrogen-bond donors (Lipinski definition) is 1. The Morgan fingerprint density at radius 2 is 2.00 bits per heavy atom. The molecule has 1 N–H and O–H groups in total. The van der Waals surface area contributed by atoms with Gasteiger partial charge in [0.1, 0.15) is 5.75 Å². The molecular formula is C18H25F2NO3. The molecule has 0 saturated carbocycles. The Labute approximate surface area is 141 Å². The van der Waals surface area contributed by atoms with Crippen molar-refractivity contribution in [3.05, 3.63) is 29.8 Å². The highest BCUT2D eigenvalue weighted by Crippen LogP contribution is 2.26. The Morgan fingerprint density at radius 3 is 2.58 bits per heavy atom. The minimum atomic E-state index is -2.91. The molecule has 1 aliphatic heterocycles. The molecule has 1 saturated heterocycles. The van der Waals surface area contributed by atoms with Gasteiger partial charge in [0, 0.05) is 18.7 Å². The van der Waals surface area contributed by atoms with Gasteiger partial charge in [-0.2, -0.15) is 8.78 Å². The normalized spacial score (nSPS) is 17.4. The molecule has 0 radical (unpaired) electrons. The topological polar surface area (TPSA) is 49.8 Å². The van der Waals surface area contributed by atoms with E-state index in [1.165, 1.54) is 18.2 Å². The van der Waals surface area contributed by atoms with Gasteiger partial charge >= 0.3 is 6.61 Å². The summed E-state index contributed by atoms with van der Waals surface area (Å²) in [4.78, 5) is 14.2. The van der Waals surface area contributed by atoms with Crippen molar-refractivity contribution in [2.45, 2.75) is 45.8 Å². The van der Waals surface area contributed by atoms with Crippen LogP contribution in [-0.4, -0.2) is 41.7 Å². The van der Waals surface area contributed by atoms with Crippen molar-refractivity contribution in [3.63, 3.8) is 0 Å². The lowest BCUT2D eigenvalue weighted by molar-refractivity contribution is -0.0499. The molecule has 1 atom stereocenters. The second-order valence-electron chi connectivity index (χ2n) is 6.73. The smallest absolute Gasteiger partial charge is 0.387 e. The van der Waals surface area contributed by atoms with Crippen molar-refractivity contribution in [1.82, 2.24) is 4.90 Å². The summed E-state index contributed by atoms with van der Waals surface area (Å²) < 4.78 is 28.9. The number of ether oxygens (including phenoxy) is 1. The minimum Gasteiger partial charge on any atom is -0.435 e. The molecule has 1 amide bonds. The number of carbonyl (C=O) groups excluding carboxylic acids is 1. The van der Waals surface area contributed by atoms with Gasteiger partial charge in [-0.1, -0.05) is 19.9 Å². The second kappa shape index (κ2) is 8.42. The minimum absolute atomic E-state index is 0.0157. The zero-order valence-electron chi connectivity index (χ0n) is 14.1. The molecule has 0 aliphatic carbocycles. The standard InChI is InChI=1S/C18H25F2NO3/c1-12(2)10-16(22)13-6-8-21(9-7-13)17(23)14-4-3-5-15(11-14)24-18(19)20/h3-5,11-13,16,18,22H,6-10H2,1-2H3/t16-/m0/s1. The van der Waals surface area contributed by atoms with Crippen LogP contribution in [0.5, 0.6) is 5.75 Å². The molecular weight excluding hydrogens is 316 g/mol. The van der Waals surface area contributed by atoms with Crippen LogP contribution in [-0.2, 0) is 0 Å². The Morgan fingerprint density at radius 1 is 1.33 bits per heavy atom. The summed E-state index contributed by atoms with van der Waals surface area (Å²) in [5.74, 6) is 0.451. The predicted octanol–water partition coefficient (Wildman–Crippen LogP) is 3.55. The van der Waals surface area contributed by atoms with E-state index in [1.807, 2.05) is 0 Å². The first-order valence-electron chi connectivity index (χ1n) is 8.39. The summed E-state index contributed by atoms with van der Waals surface area (Å²) in [5.41, 5.74) is 0.342. The number of aliphatic hydroxyl groups is 1. The highest BCUT2D eigenvalue weighted by molar-refractivity contribution is 5.94. The molecule has 1 aromatic carbocycles. The van der Waals surface area contributed by atoms with E-state index < -0.39 is 6.61 Å². The van der Waals surface area contributed by atoms with Gasteiger partial charge in [-0.3, -0.25) is 4.79 Å². The number of rotatable bonds is 6. The van der Waals surface area contributed by atoms with Gasteiger partial charge in [0.15, 0.2) is 0 Å². The van der Waals surface area contributed by atoms with Crippen molar-refractivity contribution in [2.75, 3.05) is 13.1 Å².